The molecule has 3 aliphatic carbocycles. The van der Waals surface area contributed by atoms with Gasteiger partial charge < -0.3 is 10.6 Å². The highest BCUT2D eigenvalue weighted by molar-refractivity contribution is 9.10. The summed E-state index contributed by atoms with van der Waals surface area (Å²) in [7, 11) is 0. The third kappa shape index (κ3) is 3.68. The predicted octanol–water partition coefficient (Wildman–Crippen LogP) is 4.59. The predicted molar refractivity (Wildman–Crippen MR) is 124 cm³/mol. The Morgan fingerprint density at radius 2 is 1.39 bits per heavy atom. The van der Waals surface area contributed by atoms with Gasteiger partial charge in [-0.15, -0.1) is 0 Å². The van der Waals surface area contributed by atoms with Crippen LogP contribution in [0.1, 0.15) is 50.9 Å². The van der Waals surface area contributed by atoms with Crippen LogP contribution in [0.25, 0.3) is 0 Å². The zero-order valence-corrected chi connectivity index (χ0v) is 18.6. The second-order valence-electron chi connectivity index (χ2n) is 8.25. The van der Waals surface area contributed by atoms with Crippen LogP contribution in [0.15, 0.2) is 77.3 Å². The summed E-state index contributed by atoms with van der Waals surface area (Å²) < 4.78 is 0.712. The molecule has 0 heterocycles. The average molecular weight is 475 g/mol. The van der Waals surface area contributed by atoms with Gasteiger partial charge in [0.1, 0.15) is 0 Å². The third-order valence-electron chi connectivity index (χ3n) is 6.51. The molecular formula is C26H23BrN2O2. The van der Waals surface area contributed by atoms with Crippen molar-refractivity contribution in [2.45, 2.75) is 18.3 Å². The lowest BCUT2D eigenvalue weighted by Gasteiger charge is -2.45. The number of fused-ring (bicyclic) bond motifs is 1. The first-order chi connectivity index (χ1) is 15.1. The van der Waals surface area contributed by atoms with E-state index in [0.717, 1.165) is 6.42 Å². The van der Waals surface area contributed by atoms with E-state index in [4.69, 9.17) is 0 Å². The number of hydrogen-bond donors (Lipinski definition) is 2. The molecule has 0 saturated carbocycles. The fraction of sp³-hybridized carbons (Fsp3) is 0.231. The Morgan fingerprint density at radius 1 is 0.806 bits per heavy atom. The van der Waals surface area contributed by atoms with Crippen molar-refractivity contribution >= 4 is 27.7 Å². The molecule has 0 fully saturated rings. The molecule has 2 amide bonds. The van der Waals surface area contributed by atoms with Gasteiger partial charge in [-0.1, -0.05) is 60.7 Å². The van der Waals surface area contributed by atoms with Gasteiger partial charge in [-0.25, -0.2) is 0 Å². The van der Waals surface area contributed by atoms with E-state index in [1.54, 1.807) is 12.1 Å². The van der Waals surface area contributed by atoms with E-state index in [2.05, 4.69) is 75.1 Å². The molecule has 3 aromatic rings. The molecule has 0 radical (unpaired) electrons. The number of carbonyl (C=O) groups is 2. The largest absolute Gasteiger partial charge is 0.354 e. The lowest BCUT2D eigenvalue weighted by atomic mass is 9.59. The molecule has 0 spiro atoms. The fourth-order valence-corrected chi connectivity index (χ4v) is 5.63. The number of nitrogens with one attached hydrogen (secondary N) is 2. The second kappa shape index (κ2) is 8.31. The van der Waals surface area contributed by atoms with Crippen LogP contribution in [0.3, 0.4) is 0 Å². The minimum atomic E-state index is -0.262. The minimum absolute atomic E-state index is 0.0336. The van der Waals surface area contributed by atoms with Gasteiger partial charge in [-0.05, 0) is 62.7 Å². The molecule has 31 heavy (non-hydrogen) atoms. The van der Waals surface area contributed by atoms with Gasteiger partial charge in [0.05, 0.1) is 12.1 Å². The average Bonchev–Trinajstić information content (AvgIpc) is 2.81. The monoisotopic (exact) mass is 474 g/mol. The van der Waals surface area contributed by atoms with Crippen molar-refractivity contribution in [1.82, 2.24) is 10.6 Å². The van der Waals surface area contributed by atoms with Crippen LogP contribution in [0, 0.1) is 5.92 Å². The summed E-state index contributed by atoms with van der Waals surface area (Å²) in [5.74, 6) is 0.602. The van der Waals surface area contributed by atoms with E-state index in [-0.39, 0.29) is 18.4 Å². The van der Waals surface area contributed by atoms with Crippen LogP contribution in [-0.4, -0.2) is 24.9 Å². The molecule has 156 valence electrons. The Hall–Kier alpha value is -2.92. The maximum Gasteiger partial charge on any atom is 0.252 e. The maximum atomic E-state index is 12.5. The summed E-state index contributed by atoms with van der Waals surface area (Å²) in [5, 5.41) is 5.77. The Labute approximate surface area is 190 Å². The molecule has 0 aliphatic heterocycles. The third-order valence-corrected chi connectivity index (χ3v) is 7.20. The number of carbonyl (C=O) groups excluding carboxylic acids is 2. The molecule has 0 saturated heterocycles. The highest BCUT2D eigenvalue weighted by Gasteiger charge is 2.42. The van der Waals surface area contributed by atoms with E-state index >= 15 is 0 Å². The van der Waals surface area contributed by atoms with E-state index in [1.165, 1.54) is 22.3 Å². The molecule has 5 heteroatoms. The highest BCUT2D eigenvalue weighted by atomic mass is 79.9. The summed E-state index contributed by atoms with van der Waals surface area (Å²) in [6, 6.07) is 24.6. The Morgan fingerprint density at radius 3 is 2.03 bits per heavy atom. The van der Waals surface area contributed by atoms with Crippen LogP contribution in [0.5, 0.6) is 0 Å². The molecule has 3 aromatic carbocycles. The van der Waals surface area contributed by atoms with Crippen molar-refractivity contribution in [3.63, 3.8) is 0 Å². The van der Waals surface area contributed by atoms with Gasteiger partial charge in [0.25, 0.3) is 5.91 Å². The van der Waals surface area contributed by atoms with Gasteiger partial charge in [0.15, 0.2) is 0 Å². The molecule has 3 aliphatic rings. The lowest BCUT2D eigenvalue weighted by Crippen LogP contribution is -2.42. The summed E-state index contributed by atoms with van der Waals surface area (Å²) in [6.45, 7) is 0.571. The molecule has 0 unspecified atom stereocenters. The lowest BCUT2D eigenvalue weighted by molar-refractivity contribution is -0.120. The first kappa shape index (κ1) is 20.0. The first-order valence-corrected chi connectivity index (χ1v) is 11.4. The van der Waals surface area contributed by atoms with Crippen LogP contribution in [0.4, 0.5) is 0 Å². The van der Waals surface area contributed by atoms with Crippen molar-refractivity contribution in [3.05, 3.63) is 105 Å². The van der Waals surface area contributed by atoms with Crippen molar-refractivity contribution in [3.8, 4) is 0 Å². The summed E-state index contributed by atoms with van der Waals surface area (Å²) >= 11 is 3.37. The van der Waals surface area contributed by atoms with E-state index in [9.17, 15) is 9.59 Å². The van der Waals surface area contributed by atoms with Crippen molar-refractivity contribution in [2.75, 3.05) is 13.1 Å². The normalized spacial score (nSPS) is 20.5. The van der Waals surface area contributed by atoms with Crippen LogP contribution in [-0.2, 0) is 4.79 Å². The quantitative estimate of drug-likeness (QED) is 0.567. The molecule has 2 bridgehead atoms. The summed E-state index contributed by atoms with van der Waals surface area (Å²) in [5.41, 5.74) is 6.15. The molecule has 1 atom stereocenters. The Balaban J connectivity index is 1.25. The van der Waals surface area contributed by atoms with Crippen molar-refractivity contribution in [2.24, 2.45) is 5.92 Å². The SMILES string of the molecule is O=C(CNC(=O)c1ccccc1Br)NC[C@H]1CC2c3ccccc3C1c1ccccc12. The molecule has 4 nitrogen and oxygen atoms in total. The van der Waals surface area contributed by atoms with Gasteiger partial charge in [-0.2, -0.15) is 0 Å². The van der Waals surface area contributed by atoms with Crippen LogP contribution < -0.4 is 10.6 Å². The van der Waals surface area contributed by atoms with Gasteiger partial charge in [-0.3, -0.25) is 9.59 Å². The van der Waals surface area contributed by atoms with Gasteiger partial charge >= 0.3 is 0 Å². The topological polar surface area (TPSA) is 58.2 Å². The van der Waals surface area contributed by atoms with Crippen molar-refractivity contribution in [1.29, 1.82) is 0 Å². The first-order valence-electron chi connectivity index (χ1n) is 10.6. The maximum absolute atomic E-state index is 12.5. The van der Waals surface area contributed by atoms with Crippen LogP contribution >= 0.6 is 15.9 Å². The minimum Gasteiger partial charge on any atom is -0.354 e. The molecule has 0 aromatic heterocycles. The van der Waals surface area contributed by atoms with Gasteiger partial charge in [0.2, 0.25) is 5.91 Å². The van der Waals surface area contributed by atoms with E-state index < -0.39 is 0 Å². The summed E-state index contributed by atoms with van der Waals surface area (Å²) in [6.07, 6.45) is 1.03. The van der Waals surface area contributed by atoms with Gasteiger partial charge in [0, 0.05) is 22.9 Å². The molecule has 2 N–H and O–H groups in total. The molecule has 6 rings (SSSR count). The number of benzene rings is 3. The number of rotatable bonds is 5. The van der Waals surface area contributed by atoms with Crippen molar-refractivity contribution < 1.29 is 9.59 Å². The summed E-state index contributed by atoms with van der Waals surface area (Å²) in [4.78, 5) is 24.8. The Kier molecular flexibility index (Phi) is 5.36. The zero-order chi connectivity index (χ0) is 21.4. The second-order valence-corrected chi connectivity index (χ2v) is 9.10. The number of halogens is 1. The highest BCUT2D eigenvalue weighted by Crippen LogP contribution is 2.55. The van der Waals surface area contributed by atoms with Crippen LogP contribution in [0.2, 0.25) is 0 Å². The number of amides is 2. The Bertz CT molecular complexity index is 1110. The standard InChI is InChI=1S/C26H23BrN2O2/c27-23-12-6-5-11-21(23)26(31)29-15-24(30)28-14-16-13-22-17-7-1-3-9-19(17)25(16)20-10-4-2-8-18(20)22/h1-12,16,22,25H,13-15H2,(H,28,30)(H,29,31)/t16-,22?,25?/m1/s1. The van der Waals surface area contributed by atoms with E-state index in [0.29, 0.717) is 34.3 Å². The van der Waals surface area contributed by atoms with E-state index in [1.807, 2.05) is 12.1 Å². The zero-order valence-electron chi connectivity index (χ0n) is 17.0. The fourth-order valence-electron chi connectivity index (χ4n) is 5.17. The number of hydrogen-bond acceptors (Lipinski definition) is 2. The smallest absolute Gasteiger partial charge is 0.252 e. The molecular weight excluding hydrogens is 452 g/mol.